The molecule has 5 heteroatoms. The van der Waals surface area contributed by atoms with Crippen molar-refractivity contribution in [1.29, 1.82) is 0 Å². The fourth-order valence-electron chi connectivity index (χ4n) is 2.45. The van der Waals surface area contributed by atoms with E-state index >= 15 is 0 Å². The highest BCUT2D eigenvalue weighted by atomic mass is 16.5. The van der Waals surface area contributed by atoms with Crippen LogP contribution in [0.4, 0.5) is 0 Å². The summed E-state index contributed by atoms with van der Waals surface area (Å²) in [4.78, 5) is 11.9. The van der Waals surface area contributed by atoms with Gasteiger partial charge in [-0.3, -0.25) is 4.79 Å². The Bertz CT molecular complexity index is 716. The molecule has 0 fully saturated rings. The van der Waals surface area contributed by atoms with E-state index in [9.17, 15) is 4.79 Å². The van der Waals surface area contributed by atoms with Gasteiger partial charge in [0, 0.05) is 18.7 Å². The molecule has 0 radical (unpaired) electrons. The summed E-state index contributed by atoms with van der Waals surface area (Å²) in [6.07, 6.45) is 5.03. The molecule has 0 heterocycles. The van der Waals surface area contributed by atoms with Crippen molar-refractivity contribution >= 4 is 12.0 Å². The molecule has 0 saturated carbocycles. The highest BCUT2D eigenvalue weighted by Gasteiger charge is 2.01. The van der Waals surface area contributed by atoms with Crippen LogP contribution in [0.2, 0.25) is 0 Å². The van der Waals surface area contributed by atoms with Gasteiger partial charge in [0.25, 0.3) is 0 Å². The number of benzene rings is 2. The first-order valence-electron chi connectivity index (χ1n) is 8.46. The zero-order valence-corrected chi connectivity index (χ0v) is 15.5. The summed E-state index contributed by atoms with van der Waals surface area (Å²) in [7, 11) is 4.84. The van der Waals surface area contributed by atoms with Crippen LogP contribution in [0.15, 0.2) is 48.5 Å². The second kappa shape index (κ2) is 10.1. The largest absolute Gasteiger partial charge is 0.497 e. The maximum atomic E-state index is 11.9. The molecule has 0 aliphatic heterocycles. The summed E-state index contributed by atoms with van der Waals surface area (Å²) in [5.74, 6) is 2.09. The molecule has 0 unspecified atom stereocenters. The molecule has 0 aliphatic rings. The predicted octanol–water partition coefficient (Wildman–Crippen LogP) is 3.47. The van der Waals surface area contributed by atoms with Gasteiger partial charge < -0.3 is 19.5 Å². The first kappa shape index (κ1) is 19.4. The van der Waals surface area contributed by atoms with Gasteiger partial charge in [-0.05, 0) is 54.3 Å². The molecule has 5 nitrogen and oxygen atoms in total. The van der Waals surface area contributed by atoms with Gasteiger partial charge in [0.2, 0.25) is 5.91 Å². The average molecular weight is 355 g/mol. The Morgan fingerprint density at radius 3 is 2.12 bits per heavy atom. The molecule has 0 atom stereocenters. The molecule has 0 aromatic heterocycles. The summed E-state index contributed by atoms with van der Waals surface area (Å²) in [5, 5.41) is 2.89. The standard InChI is InChI=1S/C21H25NO4/c1-24-18-9-6-16(7-10-18)5-4-12-22-21(23)11-8-17-13-19(25-2)15-20(14-17)26-3/h6-11,13-15H,4-5,12H2,1-3H3,(H,22,23)/b11-8+. The average Bonchev–Trinajstić information content (AvgIpc) is 2.69. The van der Waals surface area contributed by atoms with Crippen molar-refractivity contribution in [2.45, 2.75) is 12.8 Å². The van der Waals surface area contributed by atoms with Crippen molar-refractivity contribution in [2.75, 3.05) is 27.9 Å². The monoisotopic (exact) mass is 355 g/mol. The first-order chi connectivity index (χ1) is 12.6. The van der Waals surface area contributed by atoms with Crippen LogP contribution in [-0.2, 0) is 11.2 Å². The minimum absolute atomic E-state index is 0.124. The molecule has 0 spiro atoms. The van der Waals surface area contributed by atoms with Gasteiger partial charge in [-0.1, -0.05) is 12.1 Å². The second-order valence-electron chi connectivity index (χ2n) is 5.72. The van der Waals surface area contributed by atoms with Gasteiger partial charge in [0.1, 0.15) is 17.2 Å². The molecule has 0 saturated heterocycles. The molecule has 0 aliphatic carbocycles. The number of rotatable bonds is 9. The lowest BCUT2D eigenvalue weighted by Gasteiger charge is -2.06. The lowest BCUT2D eigenvalue weighted by Crippen LogP contribution is -2.22. The summed E-state index contributed by atoms with van der Waals surface area (Å²) in [5.41, 5.74) is 2.06. The van der Waals surface area contributed by atoms with Crippen LogP contribution in [0.5, 0.6) is 17.2 Å². The molecule has 1 N–H and O–H groups in total. The topological polar surface area (TPSA) is 56.8 Å². The molecule has 138 valence electrons. The van der Waals surface area contributed by atoms with Crippen LogP contribution < -0.4 is 19.5 Å². The van der Waals surface area contributed by atoms with Gasteiger partial charge in [0.15, 0.2) is 0 Å². The van der Waals surface area contributed by atoms with Crippen molar-refractivity contribution in [3.8, 4) is 17.2 Å². The Labute approximate surface area is 154 Å². The van der Waals surface area contributed by atoms with E-state index in [-0.39, 0.29) is 5.91 Å². The van der Waals surface area contributed by atoms with E-state index in [1.54, 1.807) is 33.5 Å². The van der Waals surface area contributed by atoms with Gasteiger partial charge in [-0.25, -0.2) is 0 Å². The third-order valence-corrected chi connectivity index (χ3v) is 3.90. The lowest BCUT2D eigenvalue weighted by molar-refractivity contribution is -0.116. The van der Waals surface area contributed by atoms with E-state index < -0.39 is 0 Å². The Hall–Kier alpha value is -2.95. The summed E-state index contributed by atoms with van der Waals surface area (Å²) < 4.78 is 15.6. The quantitative estimate of drug-likeness (QED) is 0.553. The Morgan fingerprint density at radius 2 is 1.54 bits per heavy atom. The highest BCUT2D eigenvalue weighted by Crippen LogP contribution is 2.23. The van der Waals surface area contributed by atoms with Gasteiger partial charge in [-0.15, -0.1) is 0 Å². The van der Waals surface area contributed by atoms with Crippen LogP contribution in [0, 0.1) is 0 Å². The number of ether oxygens (including phenoxy) is 3. The molecule has 26 heavy (non-hydrogen) atoms. The summed E-state index contributed by atoms with van der Waals surface area (Å²) >= 11 is 0. The summed E-state index contributed by atoms with van der Waals surface area (Å²) in [6.45, 7) is 0.622. The number of aryl methyl sites for hydroxylation is 1. The minimum Gasteiger partial charge on any atom is -0.497 e. The third kappa shape index (κ3) is 6.16. The Morgan fingerprint density at radius 1 is 0.923 bits per heavy atom. The number of carbonyl (C=O) groups excluding carboxylic acids is 1. The van der Waals surface area contributed by atoms with E-state index in [1.807, 2.05) is 36.4 Å². The van der Waals surface area contributed by atoms with Crippen molar-refractivity contribution in [1.82, 2.24) is 5.32 Å². The zero-order valence-electron chi connectivity index (χ0n) is 15.5. The van der Waals surface area contributed by atoms with Crippen molar-refractivity contribution in [3.63, 3.8) is 0 Å². The van der Waals surface area contributed by atoms with E-state index in [4.69, 9.17) is 14.2 Å². The second-order valence-corrected chi connectivity index (χ2v) is 5.72. The van der Waals surface area contributed by atoms with Gasteiger partial charge in [0.05, 0.1) is 21.3 Å². The van der Waals surface area contributed by atoms with Crippen molar-refractivity contribution in [3.05, 3.63) is 59.7 Å². The zero-order chi connectivity index (χ0) is 18.8. The maximum Gasteiger partial charge on any atom is 0.243 e. The lowest BCUT2D eigenvalue weighted by atomic mass is 10.1. The number of nitrogens with one attached hydrogen (secondary N) is 1. The summed E-state index contributed by atoms with van der Waals surface area (Å²) in [6, 6.07) is 13.4. The number of hydrogen-bond donors (Lipinski definition) is 1. The van der Waals surface area contributed by atoms with Crippen LogP contribution in [-0.4, -0.2) is 33.8 Å². The maximum absolute atomic E-state index is 11.9. The molecule has 0 bridgehead atoms. The van der Waals surface area contributed by atoms with Crippen LogP contribution in [0.3, 0.4) is 0 Å². The predicted molar refractivity (Wildman–Crippen MR) is 103 cm³/mol. The first-order valence-corrected chi connectivity index (χ1v) is 8.46. The van der Waals surface area contributed by atoms with E-state index in [0.717, 1.165) is 24.2 Å². The number of methoxy groups -OCH3 is 3. The molecule has 2 aromatic rings. The SMILES string of the molecule is COc1ccc(CCCNC(=O)/C=C/c2cc(OC)cc(OC)c2)cc1. The Balaban J connectivity index is 1.78. The smallest absolute Gasteiger partial charge is 0.243 e. The van der Waals surface area contributed by atoms with E-state index in [0.29, 0.717) is 18.0 Å². The number of hydrogen-bond acceptors (Lipinski definition) is 4. The molecular formula is C21H25NO4. The van der Waals surface area contributed by atoms with Crippen LogP contribution >= 0.6 is 0 Å². The fraction of sp³-hybridized carbons (Fsp3) is 0.286. The van der Waals surface area contributed by atoms with Gasteiger partial charge >= 0.3 is 0 Å². The minimum atomic E-state index is -0.124. The number of carbonyl (C=O) groups is 1. The van der Waals surface area contributed by atoms with Crippen molar-refractivity contribution < 1.29 is 19.0 Å². The fourth-order valence-corrected chi connectivity index (χ4v) is 2.45. The molecular weight excluding hydrogens is 330 g/mol. The van der Waals surface area contributed by atoms with Crippen LogP contribution in [0.1, 0.15) is 17.5 Å². The molecule has 1 amide bonds. The van der Waals surface area contributed by atoms with Crippen LogP contribution in [0.25, 0.3) is 6.08 Å². The normalized spacial score (nSPS) is 10.6. The molecule has 2 aromatic carbocycles. The van der Waals surface area contributed by atoms with Crippen molar-refractivity contribution in [2.24, 2.45) is 0 Å². The highest BCUT2D eigenvalue weighted by molar-refractivity contribution is 5.91. The van der Waals surface area contributed by atoms with Gasteiger partial charge in [-0.2, -0.15) is 0 Å². The van der Waals surface area contributed by atoms with E-state index in [1.165, 1.54) is 11.6 Å². The Kier molecular flexibility index (Phi) is 7.55. The van der Waals surface area contributed by atoms with E-state index in [2.05, 4.69) is 5.32 Å². The molecule has 2 rings (SSSR count). The third-order valence-electron chi connectivity index (χ3n) is 3.90. The number of amides is 1.